The lowest BCUT2D eigenvalue weighted by molar-refractivity contribution is 0.0478. The SMILES string of the molecule is Cc1c(C(=O)OCc2ccccc2)sc2ncnc(Nc3ccc(S(=O)(=O)Nc4ccc(Cl)nn4)cc3)c12. The molecular weight excluding hydrogens is 548 g/mol. The molecule has 38 heavy (non-hydrogen) atoms. The van der Waals surface area contributed by atoms with Crippen molar-refractivity contribution >= 4 is 66.5 Å². The summed E-state index contributed by atoms with van der Waals surface area (Å²) in [4.78, 5) is 22.5. The third-order valence-corrected chi connectivity index (χ3v) is 8.18. The van der Waals surface area contributed by atoms with Crippen molar-refractivity contribution in [1.29, 1.82) is 0 Å². The third-order valence-electron chi connectivity index (χ3n) is 5.42. The monoisotopic (exact) mass is 566 g/mol. The maximum absolute atomic E-state index is 12.8. The van der Waals surface area contributed by atoms with Gasteiger partial charge < -0.3 is 10.1 Å². The van der Waals surface area contributed by atoms with Crippen LogP contribution in [0, 0.1) is 6.92 Å². The molecule has 3 heterocycles. The van der Waals surface area contributed by atoms with E-state index >= 15 is 0 Å². The molecule has 192 valence electrons. The zero-order chi connectivity index (χ0) is 26.7. The van der Waals surface area contributed by atoms with E-state index in [0.717, 1.165) is 5.56 Å². The van der Waals surface area contributed by atoms with Crippen molar-refractivity contribution in [1.82, 2.24) is 20.2 Å². The number of ether oxygens (including phenoxy) is 1. The van der Waals surface area contributed by atoms with E-state index in [9.17, 15) is 13.2 Å². The number of halogens is 1. The number of carbonyl (C=O) groups is 1. The second kappa shape index (κ2) is 10.7. The Morgan fingerprint density at radius 1 is 1.00 bits per heavy atom. The molecule has 2 N–H and O–H groups in total. The van der Waals surface area contributed by atoms with Gasteiger partial charge in [-0.2, -0.15) is 0 Å². The maximum atomic E-state index is 12.8. The van der Waals surface area contributed by atoms with Gasteiger partial charge in [-0.15, -0.1) is 21.5 Å². The number of carbonyl (C=O) groups excluding carboxylic acids is 1. The Hall–Kier alpha value is -4.13. The Balaban J connectivity index is 1.34. The highest BCUT2D eigenvalue weighted by molar-refractivity contribution is 7.92. The van der Waals surface area contributed by atoms with Crippen LogP contribution < -0.4 is 10.0 Å². The van der Waals surface area contributed by atoms with E-state index in [1.54, 1.807) is 12.1 Å². The van der Waals surface area contributed by atoms with E-state index < -0.39 is 16.0 Å². The van der Waals surface area contributed by atoms with E-state index in [0.29, 0.717) is 32.2 Å². The number of thiophene rings is 1. The molecule has 0 bridgehead atoms. The number of hydrogen-bond donors (Lipinski definition) is 2. The van der Waals surface area contributed by atoms with Gasteiger partial charge in [0, 0.05) is 5.69 Å². The lowest BCUT2D eigenvalue weighted by Gasteiger charge is -2.10. The largest absolute Gasteiger partial charge is 0.457 e. The van der Waals surface area contributed by atoms with Gasteiger partial charge in [0.05, 0.1) is 10.3 Å². The number of nitrogens with one attached hydrogen (secondary N) is 2. The van der Waals surface area contributed by atoms with E-state index in [4.69, 9.17) is 16.3 Å². The molecular formula is C25H19ClN6O4S2. The van der Waals surface area contributed by atoms with E-state index in [1.165, 1.54) is 41.9 Å². The number of anilines is 3. The highest BCUT2D eigenvalue weighted by atomic mass is 35.5. The molecule has 3 aromatic heterocycles. The first-order valence-corrected chi connectivity index (χ1v) is 13.8. The summed E-state index contributed by atoms with van der Waals surface area (Å²) in [6.07, 6.45) is 1.40. The molecule has 13 heteroatoms. The number of esters is 1. The van der Waals surface area contributed by atoms with Crippen molar-refractivity contribution < 1.29 is 17.9 Å². The quantitative estimate of drug-likeness (QED) is 0.238. The summed E-state index contributed by atoms with van der Waals surface area (Å²) in [5, 5.41) is 11.4. The van der Waals surface area contributed by atoms with Crippen LogP contribution in [0.3, 0.4) is 0 Å². The van der Waals surface area contributed by atoms with Crippen LogP contribution in [0.5, 0.6) is 0 Å². The summed E-state index contributed by atoms with van der Waals surface area (Å²) >= 11 is 6.92. The van der Waals surface area contributed by atoms with Gasteiger partial charge in [0.1, 0.15) is 28.5 Å². The number of hydrogen-bond acceptors (Lipinski definition) is 10. The minimum Gasteiger partial charge on any atom is -0.457 e. The molecule has 0 radical (unpaired) electrons. The van der Waals surface area contributed by atoms with Crippen molar-refractivity contribution in [3.63, 3.8) is 0 Å². The van der Waals surface area contributed by atoms with Gasteiger partial charge in [-0.25, -0.2) is 23.2 Å². The number of sulfonamides is 1. The average molecular weight is 567 g/mol. The molecule has 0 aliphatic carbocycles. The molecule has 0 amide bonds. The molecule has 2 aromatic carbocycles. The van der Waals surface area contributed by atoms with Crippen molar-refractivity contribution in [3.05, 3.63) is 94.2 Å². The predicted molar refractivity (Wildman–Crippen MR) is 145 cm³/mol. The van der Waals surface area contributed by atoms with Gasteiger partial charge in [-0.3, -0.25) is 4.72 Å². The molecule has 0 unspecified atom stereocenters. The van der Waals surface area contributed by atoms with E-state index in [-0.39, 0.29) is 22.5 Å². The Labute approximate surface area is 226 Å². The van der Waals surface area contributed by atoms with Gasteiger partial charge in [-0.1, -0.05) is 41.9 Å². The fraction of sp³-hybridized carbons (Fsp3) is 0.0800. The topological polar surface area (TPSA) is 136 Å². The zero-order valence-corrected chi connectivity index (χ0v) is 22.1. The number of aromatic nitrogens is 4. The molecule has 0 saturated carbocycles. The molecule has 0 aliphatic rings. The van der Waals surface area contributed by atoms with Gasteiger partial charge in [-0.05, 0) is 54.4 Å². The average Bonchev–Trinajstić information content (AvgIpc) is 3.27. The lowest BCUT2D eigenvalue weighted by atomic mass is 10.2. The summed E-state index contributed by atoms with van der Waals surface area (Å²) in [5.74, 6) is 0.0924. The fourth-order valence-corrected chi connectivity index (χ4v) is 5.71. The van der Waals surface area contributed by atoms with Crippen LogP contribution in [0.15, 0.2) is 78.0 Å². The Bertz CT molecular complexity index is 1710. The number of aryl methyl sites for hydroxylation is 1. The first-order chi connectivity index (χ1) is 18.3. The standard InChI is InChI=1S/C25H19ClN6O4S2/c1-15-21-23(27-14-28-24(21)37-22(15)25(33)36-13-16-5-3-2-4-6-16)29-17-7-9-18(10-8-17)38(34,35)32-20-12-11-19(26)30-31-20/h2-12,14H,13H2,1H3,(H,31,32)(H,27,28,29). The van der Waals surface area contributed by atoms with Crippen LogP contribution in [-0.4, -0.2) is 34.6 Å². The van der Waals surface area contributed by atoms with Crippen LogP contribution in [0.4, 0.5) is 17.3 Å². The smallest absolute Gasteiger partial charge is 0.349 e. The first-order valence-electron chi connectivity index (χ1n) is 11.1. The third kappa shape index (κ3) is 5.57. The molecule has 5 aromatic rings. The van der Waals surface area contributed by atoms with Gasteiger partial charge >= 0.3 is 5.97 Å². The Morgan fingerprint density at radius 3 is 2.47 bits per heavy atom. The summed E-state index contributed by atoms with van der Waals surface area (Å²) in [6, 6.07) is 18.4. The molecule has 0 spiro atoms. The first kappa shape index (κ1) is 25.5. The highest BCUT2D eigenvalue weighted by Crippen LogP contribution is 2.35. The number of benzene rings is 2. The van der Waals surface area contributed by atoms with Gasteiger partial charge in [0.2, 0.25) is 0 Å². The molecule has 10 nitrogen and oxygen atoms in total. The summed E-state index contributed by atoms with van der Waals surface area (Å²) < 4.78 is 33.2. The van der Waals surface area contributed by atoms with Crippen molar-refractivity contribution in [2.75, 3.05) is 10.0 Å². The van der Waals surface area contributed by atoms with Crippen LogP contribution in [0.25, 0.3) is 10.2 Å². The van der Waals surface area contributed by atoms with Crippen LogP contribution in [-0.2, 0) is 21.4 Å². The lowest BCUT2D eigenvalue weighted by Crippen LogP contribution is -2.14. The zero-order valence-electron chi connectivity index (χ0n) is 19.8. The highest BCUT2D eigenvalue weighted by Gasteiger charge is 2.21. The van der Waals surface area contributed by atoms with Gasteiger partial charge in [0.25, 0.3) is 10.0 Å². The van der Waals surface area contributed by atoms with E-state index in [2.05, 4.69) is 30.2 Å². The number of rotatable bonds is 8. The molecule has 0 aliphatic heterocycles. The molecule has 0 saturated heterocycles. The van der Waals surface area contributed by atoms with Crippen LogP contribution in [0.2, 0.25) is 5.15 Å². The van der Waals surface area contributed by atoms with E-state index in [1.807, 2.05) is 37.3 Å². The Morgan fingerprint density at radius 2 is 1.76 bits per heavy atom. The second-order valence-corrected chi connectivity index (χ2v) is 11.1. The summed E-state index contributed by atoms with van der Waals surface area (Å²) in [5.41, 5.74) is 2.18. The minimum absolute atomic E-state index is 0.0304. The molecule has 0 atom stereocenters. The van der Waals surface area contributed by atoms with Crippen LogP contribution in [0.1, 0.15) is 20.8 Å². The normalized spacial score (nSPS) is 11.3. The fourth-order valence-electron chi connectivity index (χ4n) is 3.57. The van der Waals surface area contributed by atoms with Crippen molar-refractivity contribution in [2.45, 2.75) is 18.4 Å². The molecule has 5 rings (SSSR count). The Kier molecular flexibility index (Phi) is 7.18. The second-order valence-electron chi connectivity index (χ2n) is 8.02. The van der Waals surface area contributed by atoms with Crippen LogP contribution >= 0.6 is 22.9 Å². The van der Waals surface area contributed by atoms with Gasteiger partial charge in [0.15, 0.2) is 11.0 Å². The minimum atomic E-state index is -3.89. The number of fused-ring (bicyclic) bond motifs is 1. The molecule has 0 fully saturated rings. The summed E-state index contributed by atoms with van der Waals surface area (Å²) in [6.45, 7) is 1.98. The predicted octanol–water partition coefficient (Wildman–Crippen LogP) is 5.34. The maximum Gasteiger partial charge on any atom is 0.349 e. The van der Waals surface area contributed by atoms with Crippen molar-refractivity contribution in [3.8, 4) is 0 Å². The van der Waals surface area contributed by atoms with Crippen molar-refractivity contribution in [2.24, 2.45) is 0 Å². The summed E-state index contributed by atoms with van der Waals surface area (Å²) in [7, 11) is -3.89. The number of nitrogens with zero attached hydrogens (tertiary/aromatic N) is 4.